The molecule has 0 aromatic heterocycles. The molecule has 40 heavy (non-hydrogen) atoms. The largest absolute Gasteiger partial charge is 0.506 e. The zero-order chi connectivity index (χ0) is 30.1. The molecule has 0 radical (unpaired) electrons. The Morgan fingerprint density at radius 1 is 1.05 bits per heavy atom. The number of alkyl halides is 3. The predicted octanol–water partition coefficient (Wildman–Crippen LogP) is 4.18. The quantitative estimate of drug-likeness (QED) is 0.236. The average molecular weight is 580 g/mol. The van der Waals surface area contributed by atoms with Gasteiger partial charge in [-0.3, -0.25) is 4.72 Å². The maximum absolute atomic E-state index is 11.5. The van der Waals surface area contributed by atoms with E-state index in [4.69, 9.17) is 15.2 Å². The van der Waals surface area contributed by atoms with E-state index in [2.05, 4.69) is 22.2 Å². The van der Waals surface area contributed by atoms with Gasteiger partial charge in [0.2, 0.25) is 10.0 Å². The van der Waals surface area contributed by atoms with E-state index >= 15 is 0 Å². The van der Waals surface area contributed by atoms with Crippen molar-refractivity contribution in [3.8, 4) is 11.8 Å². The Labute approximate surface area is 229 Å². The molecule has 5 N–H and O–H groups in total. The number of aliphatic hydroxyl groups excluding tert-OH is 1. The van der Waals surface area contributed by atoms with Gasteiger partial charge >= 0.3 is 12.1 Å². The number of carboxylic acid groups (broad SMARTS) is 1. The molecule has 0 fully saturated rings. The van der Waals surface area contributed by atoms with Crippen LogP contribution in [0.1, 0.15) is 40.0 Å². The topological polar surface area (TPSA) is 160 Å². The van der Waals surface area contributed by atoms with E-state index in [1.54, 1.807) is 18.2 Å². The average Bonchev–Trinajstić information content (AvgIpc) is 2.88. The lowest BCUT2D eigenvalue weighted by Gasteiger charge is -2.23. The van der Waals surface area contributed by atoms with E-state index in [9.17, 15) is 31.8 Å². The molecule has 3 rings (SSSR count). The number of carbonyl (C=O) groups is 1. The smallest absolute Gasteiger partial charge is 0.490 e. The highest BCUT2D eigenvalue weighted by molar-refractivity contribution is 7.92. The number of sulfonamides is 1. The van der Waals surface area contributed by atoms with Crippen molar-refractivity contribution in [3.05, 3.63) is 94.5 Å². The fraction of sp³-hybridized carbons (Fsp3) is 0.259. The maximum atomic E-state index is 11.5. The Hall–Kier alpha value is -4.12. The number of hydrogen-bond acceptors (Lipinski definition) is 7. The Morgan fingerprint density at radius 2 is 1.62 bits per heavy atom. The number of phenols is 1. The number of halogens is 3. The number of rotatable bonds is 9. The summed E-state index contributed by atoms with van der Waals surface area (Å²) in [6, 6.07) is 21.7. The van der Waals surface area contributed by atoms with Crippen molar-refractivity contribution in [2.45, 2.75) is 31.7 Å². The first-order valence-corrected chi connectivity index (χ1v) is 13.6. The number of anilines is 1. The fourth-order valence-corrected chi connectivity index (χ4v) is 4.13. The first-order chi connectivity index (χ1) is 18.6. The molecule has 0 spiro atoms. The number of benzene rings is 3. The lowest BCUT2D eigenvalue weighted by Crippen LogP contribution is -2.28. The third kappa shape index (κ3) is 10.2. The molecule has 0 saturated heterocycles. The van der Waals surface area contributed by atoms with Gasteiger partial charge in [-0.2, -0.15) is 18.4 Å². The predicted molar refractivity (Wildman–Crippen MR) is 142 cm³/mol. The number of phenolic OH excluding ortho intramolecular Hbond substituents is 1. The second-order valence-corrected chi connectivity index (χ2v) is 10.5. The Bertz CT molecular complexity index is 1460. The Morgan fingerprint density at radius 3 is 2.15 bits per heavy atom. The second kappa shape index (κ2) is 13.8. The van der Waals surface area contributed by atoms with Crippen LogP contribution in [0.4, 0.5) is 18.9 Å². The van der Waals surface area contributed by atoms with Gasteiger partial charge < -0.3 is 20.6 Å². The highest BCUT2D eigenvalue weighted by Crippen LogP contribution is 2.28. The number of aryl methyl sites for hydroxylation is 1. The molecule has 1 unspecified atom stereocenters. The van der Waals surface area contributed by atoms with Crippen LogP contribution in [0.3, 0.4) is 0 Å². The van der Waals surface area contributed by atoms with Crippen LogP contribution in [0.2, 0.25) is 0 Å². The standard InChI is InChI=1S/C25H27N3O4S.C2HF3O2/c1-17-5-3-4-6-20(17)13-22(19-9-7-18(15-26)8-10-19)27-16-25(30)21-11-12-24(29)23(14-21)28-33(2,31)32;3-2(4,5)1(6)7/h3-12,14,22,25,27-30H,13,16H2,1-2H3;(H,6,7)/t22?,25-;/m0./s1. The monoisotopic (exact) mass is 579 g/mol. The van der Waals surface area contributed by atoms with Crippen molar-refractivity contribution in [2.24, 2.45) is 0 Å². The zero-order valence-electron chi connectivity index (χ0n) is 21.5. The van der Waals surface area contributed by atoms with Crippen LogP contribution >= 0.6 is 0 Å². The van der Waals surface area contributed by atoms with Gasteiger partial charge in [0.25, 0.3) is 0 Å². The highest BCUT2D eigenvalue weighted by Gasteiger charge is 2.38. The minimum absolute atomic E-state index is 0.0117. The second-order valence-electron chi connectivity index (χ2n) is 8.79. The van der Waals surface area contributed by atoms with E-state index in [0.29, 0.717) is 17.5 Å². The molecule has 2 atom stereocenters. The van der Waals surface area contributed by atoms with Gasteiger partial charge in [-0.05, 0) is 59.9 Å². The molecule has 13 heteroatoms. The number of hydrogen-bond donors (Lipinski definition) is 5. The molecule has 0 bridgehead atoms. The highest BCUT2D eigenvalue weighted by atomic mass is 32.2. The molecule has 0 heterocycles. The number of nitrogens with one attached hydrogen (secondary N) is 2. The molecule has 3 aromatic rings. The van der Waals surface area contributed by atoms with E-state index in [-0.39, 0.29) is 24.0 Å². The van der Waals surface area contributed by atoms with Crippen LogP contribution in [0.25, 0.3) is 0 Å². The van der Waals surface area contributed by atoms with Crippen molar-refractivity contribution in [1.82, 2.24) is 5.32 Å². The number of aliphatic hydroxyl groups is 1. The van der Waals surface area contributed by atoms with E-state index in [1.165, 1.54) is 12.1 Å². The number of nitrogens with zero attached hydrogens (tertiary/aromatic N) is 1. The summed E-state index contributed by atoms with van der Waals surface area (Å²) in [5, 5.41) is 40.3. The Balaban J connectivity index is 0.000000708. The molecular weight excluding hydrogens is 551 g/mol. The van der Waals surface area contributed by atoms with E-state index < -0.39 is 28.3 Å². The zero-order valence-corrected chi connectivity index (χ0v) is 22.3. The van der Waals surface area contributed by atoms with Crippen LogP contribution in [0.5, 0.6) is 5.75 Å². The number of aliphatic carboxylic acids is 1. The summed E-state index contributed by atoms with van der Waals surface area (Å²) in [4.78, 5) is 8.90. The third-order valence-corrected chi connectivity index (χ3v) is 6.22. The first-order valence-electron chi connectivity index (χ1n) is 11.7. The number of nitriles is 1. The van der Waals surface area contributed by atoms with Gasteiger partial charge in [-0.1, -0.05) is 42.5 Å². The van der Waals surface area contributed by atoms with Crippen molar-refractivity contribution in [3.63, 3.8) is 0 Å². The lowest BCUT2D eigenvalue weighted by molar-refractivity contribution is -0.192. The summed E-state index contributed by atoms with van der Waals surface area (Å²) in [6.45, 7) is 2.24. The summed E-state index contributed by atoms with van der Waals surface area (Å²) in [5.41, 5.74) is 4.35. The van der Waals surface area contributed by atoms with Gasteiger partial charge in [-0.15, -0.1) is 0 Å². The fourth-order valence-electron chi connectivity index (χ4n) is 3.57. The van der Waals surface area contributed by atoms with E-state index in [1.807, 2.05) is 37.3 Å². The summed E-state index contributed by atoms with van der Waals surface area (Å²) in [5.74, 6) is -2.98. The molecule has 0 saturated carbocycles. The number of aromatic hydroxyl groups is 1. The SMILES string of the molecule is Cc1ccccc1CC(NC[C@H](O)c1ccc(O)c(NS(C)(=O)=O)c1)c1ccc(C#N)cc1.O=C(O)C(F)(F)F. The first kappa shape index (κ1) is 32.1. The van der Waals surface area contributed by atoms with Gasteiger partial charge in [0.05, 0.1) is 29.7 Å². The lowest BCUT2D eigenvalue weighted by atomic mass is 9.95. The summed E-state index contributed by atoms with van der Waals surface area (Å²) < 4.78 is 57.1. The molecule has 3 aromatic carbocycles. The normalized spacial score (nSPS) is 12.8. The molecule has 0 aliphatic carbocycles. The Kier molecular flexibility index (Phi) is 11.1. The summed E-state index contributed by atoms with van der Waals surface area (Å²) >= 11 is 0. The van der Waals surface area contributed by atoms with Gasteiger partial charge in [-0.25, -0.2) is 13.2 Å². The van der Waals surface area contributed by atoms with Crippen LogP contribution in [0.15, 0.2) is 66.7 Å². The molecular formula is C27H28F3N3O6S. The van der Waals surface area contributed by atoms with E-state index in [0.717, 1.165) is 22.9 Å². The van der Waals surface area contributed by atoms with Crippen LogP contribution < -0.4 is 10.0 Å². The molecule has 0 aliphatic heterocycles. The van der Waals surface area contributed by atoms with Gasteiger partial charge in [0, 0.05) is 12.6 Å². The maximum Gasteiger partial charge on any atom is 0.490 e. The minimum atomic E-state index is -5.08. The van der Waals surface area contributed by atoms with Crippen LogP contribution in [-0.2, 0) is 21.2 Å². The molecule has 0 amide bonds. The minimum Gasteiger partial charge on any atom is -0.506 e. The van der Waals surface area contributed by atoms with Crippen LogP contribution in [-0.4, -0.2) is 48.7 Å². The number of carboxylic acids is 1. The molecule has 0 aliphatic rings. The van der Waals surface area contributed by atoms with Crippen LogP contribution in [0, 0.1) is 18.3 Å². The third-order valence-electron chi connectivity index (χ3n) is 5.63. The van der Waals surface area contributed by atoms with Gasteiger partial charge in [0.1, 0.15) is 5.75 Å². The van der Waals surface area contributed by atoms with Crippen molar-refractivity contribution in [2.75, 3.05) is 17.5 Å². The molecule has 214 valence electrons. The van der Waals surface area contributed by atoms with Crippen molar-refractivity contribution < 1.29 is 41.7 Å². The summed E-state index contributed by atoms with van der Waals surface area (Å²) in [6.07, 6.45) is -4.35. The molecule has 9 nitrogen and oxygen atoms in total. The van der Waals surface area contributed by atoms with Gasteiger partial charge in [0.15, 0.2) is 0 Å². The summed E-state index contributed by atoms with van der Waals surface area (Å²) in [7, 11) is -3.58. The van der Waals surface area contributed by atoms with Crippen molar-refractivity contribution in [1.29, 1.82) is 5.26 Å². The van der Waals surface area contributed by atoms with Crippen molar-refractivity contribution >= 4 is 21.7 Å².